The smallest absolute Gasteiger partial charge is 0.226 e. The largest absolute Gasteiger partial charge is 0.385 e. The van der Waals surface area contributed by atoms with Crippen LogP contribution in [0.1, 0.15) is 31.7 Å². The van der Waals surface area contributed by atoms with Crippen LogP contribution in [-0.2, 0) is 11.2 Å². The molecule has 1 aliphatic heterocycles. The third kappa shape index (κ3) is 4.99. The number of amides is 1. The first-order chi connectivity index (χ1) is 12.2. The molecule has 0 unspecified atom stereocenters. The van der Waals surface area contributed by atoms with Crippen molar-refractivity contribution in [3.05, 3.63) is 54.1 Å². The molecule has 2 aromatic rings. The summed E-state index contributed by atoms with van der Waals surface area (Å²) in [6.07, 6.45) is 4.03. The Morgan fingerprint density at radius 3 is 2.24 bits per heavy atom. The summed E-state index contributed by atoms with van der Waals surface area (Å²) in [4.78, 5) is 14.4. The van der Waals surface area contributed by atoms with Gasteiger partial charge in [-0.3, -0.25) is 4.79 Å². The van der Waals surface area contributed by atoms with Gasteiger partial charge in [-0.1, -0.05) is 19.1 Å². The monoisotopic (exact) mass is 337 g/mol. The molecule has 0 saturated carbocycles. The summed E-state index contributed by atoms with van der Waals surface area (Å²) in [6.45, 7) is 5.07. The number of nitrogens with one attached hydrogen (secondary N) is 2. The standard InChI is InChI=1S/C21H27N3O/c1-2-17-5-7-19(8-6-17)23-21(25)13-14-22-18-9-11-20(12-10-18)24-15-3-4-16-24/h5-12,22H,2-4,13-16H2,1H3,(H,23,25). The number of aryl methyl sites for hydroxylation is 1. The summed E-state index contributed by atoms with van der Waals surface area (Å²) in [5.74, 6) is 0.0328. The molecule has 4 heteroatoms. The molecule has 2 N–H and O–H groups in total. The van der Waals surface area contributed by atoms with Crippen LogP contribution < -0.4 is 15.5 Å². The highest BCUT2D eigenvalue weighted by atomic mass is 16.1. The van der Waals surface area contributed by atoms with Gasteiger partial charge in [0.25, 0.3) is 0 Å². The van der Waals surface area contributed by atoms with Crippen molar-refractivity contribution in [2.45, 2.75) is 32.6 Å². The molecule has 0 aliphatic carbocycles. The molecule has 3 rings (SSSR count). The zero-order valence-corrected chi connectivity index (χ0v) is 14.9. The fraction of sp³-hybridized carbons (Fsp3) is 0.381. The van der Waals surface area contributed by atoms with Crippen LogP contribution in [-0.4, -0.2) is 25.5 Å². The molecule has 1 saturated heterocycles. The zero-order chi connectivity index (χ0) is 17.5. The van der Waals surface area contributed by atoms with Crippen LogP contribution in [0.4, 0.5) is 17.1 Å². The van der Waals surface area contributed by atoms with Crippen LogP contribution in [0.5, 0.6) is 0 Å². The van der Waals surface area contributed by atoms with Gasteiger partial charge in [0.2, 0.25) is 5.91 Å². The summed E-state index contributed by atoms with van der Waals surface area (Å²) >= 11 is 0. The average Bonchev–Trinajstić information content (AvgIpc) is 3.18. The third-order valence-electron chi connectivity index (χ3n) is 4.67. The highest BCUT2D eigenvalue weighted by molar-refractivity contribution is 5.91. The van der Waals surface area contributed by atoms with E-state index in [-0.39, 0.29) is 5.91 Å². The van der Waals surface area contributed by atoms with Crippen LogP contribution in [0.25, 0.3) is 0 Å². The summed E-state index contributed by atoms with van der Waals surface area (Å²) < 4.78 is 0. The molecule has 0 radical (unpaired) electrons. The van der Waals surface area contributed by atoms with E-state index in [0.29, 0.717) is 13.0 Å². The van der Waals surface area contributed by atoms with Crippen LogP contribution in [0.3, 0.4) is 0 Å². The fourth-order valence-corrected chi connectivity index (χ4v) is 3.13. The number of rotatable bonds is 7. The van der Waals surface area contributed by atoms with Crippen LogP contribution in [0, 0.1) is 0 Å². The molecule has 2 aromatic carbocycles. The van der Waals surface area contributed by atoms with Crippen molar-refractivity contribution in [1.29, 1.82) is 0 Å². The van der Waals surface area contributed by atoms with Gasteiger partial charge in [0, 0.05) is 43.1 Å². The maximum atomic E-state index is 12.0. The van der Waals surface area contributed by atoms with Crippen molar-refractivity contribution < 1.29 is 4.79 Å². The molecule has 1 amide bonds. The van der Waals surface area contributed by atoms with E-state index >= 15 is 0 Å². The Labute approximate surface area is 150 Å². The van der Waals surface area contributed by atoms with E-state index in [9.17, 15) is 4.79 Å². The quantitative estimate of drug-likeness (QED) is 0.792. The number of hydrogen-bond donors (Lipinski definition) is 2. The average molecular weight is 337 g/mol. The molecule has 132 valence electrons. The van der Waals surface area contributed by atoms with Crippen molar-refractivity contribution in [3.63, 3.8) is 0 Å². The highest BCUT2D eigenvalue weighted by Crippen LogP contribution is 2.22. The predicted octanol–water partition coefficient (Wildman–Crippen LogP) is 4.29. The number of hydrogen-bond acceptors (Lipinski definition) is 3. The lowest BCUT2D eigenvalue weighted by molar-refractivity contribution is -0.115. The molecule has 0 spiro atoms. The van der Waals surface area contributed by atoms with Gasteiger partial charge in [0.05, 0.1) is 0 Å². The number of nitrogens with zero attached hydrogens (tertiary/aromatic N) is 1. The first-order valence-corrected chi connectivity index (χ1v) is 9.22. The van der Waals surface area contributed by atoms with E-state index in [1.165, 1.54) is 24.1 Å². The van der Waals surface area contributed by atoms with Crippen molar-refractivity contribution in [3.8, 4) is 0 Å². The van der Waals surface area contributed by atoms with Gasteiger partial charge < -0.3 is 15.5 Å². The molecule has 0 atom stereocenters. The summed E-state index contributed by atoms with van der Waals surface area (Å²) in [7, 11) is 0. The number of anilines is 3. The van der Waals surface area contributed by atoms with Crippen molar-refractivity contribution in [2.75, 3.05) is 35.2 Å². The zero-order valence-electron chi connectivity index (χ0n) is 14.9. The van der Waals surface area contributed by atoms with Crippen molar-refractivity contribution in [2.24, 2.45) is 0 Å². The Balaban J connectivity index is 1.41. The van der Waals surface area contributed by atoms with E-state index in [0.717, 1.165) is 30.9 Å². The van der Waals surface area contributed by atoms with E-state index in [2.05, 4.69) is 58.9 Å². The molecule has 0 aromatic heterocycles. The Morgan fingerprint density at radius 2 is 1.60 bits per heavy atom. The fourth-order valence-electron chi connectivity index (χ4n) is 3.13. The highest BCUT2D eigenvalue weighted by Gasteiger charge is 2.11. The summed E-state index contributed by atoms with van der Waals surface area (Å²) in [5.41, 5.74) is 4.48. The minimum absolute atomic E-state index is 0.0328. The Morgan fingerprint density at radius 1 is 0.960 bits per heavy atom. The van der Waals surface area contributed by atoms with Crippen molar-refractivity contribution >= 4 is 23.0 Å². The summed E-state index contributed by atoms with van der Waals surface area (Å²) in [5, 5.41) is 6.26. The van der Waals surface area contributed by atoms with E-state index in [1.807, 2.05) is 12.1 Å². The molecule has 1 fully saturated rings. The van der Waals surface area contributed by atoms with Crippen LogP contribution in [0.2, 0.25) is 0 Å². The maximum Gasteiger partial charge on any atom is 0.226 e. The Kier molecular flexibility index (Phi) is 5.94. The van der Waals surface area contributed by atoms with Crippen LogP contribution in [0.15, 0.2) is 48.5 Å². The van der Waals surface area contributed by atoms with Crippen LogP contribution >= 0.6 is 0 Å². The normalized spacial score (nSPS) is 13.7. The lowest BCUT2D eigenvalue weighted by Gasteiger charge is -2.18. The van der Waals surface area contributed by atoms with E-state index < -0.39 is 0 Å². The Bertz CT molecular complexity index is 673. The van der Waals surface area contributed by atoms with Gasteiger partial charge in [-0.2, -0.15) is 0 Å². The maximum absolute atomic E-state index is 12.0. The van der Waals surface area contributed by atoms with Gasteiger partial charge >= 0.3 is 0 Å². The predicted molar refractivity (Wildman–Crippen MR) is 105 cm³/mol. The first-order valence-electron chi connectivity index (χ1n) is 9.22. The lowest BCUT2D eigenvalue weighted by Crippen LogP contribution is -2.17. The minimum Gasteiger partial charge on any atom is -0.385 e. The molecule has 1 heterocycles. The molecular formula is C21H27N3O. The molecule has 25 heavy (non-hydrogen) atoms. The molecular weight excluding hydrogens is 310 g/mol. The number of carbonyl (C=O) groups excluding carboxylic acids is 1. The lowest BCUT2D eigenvalue weighted by atomic mass is 10.1. The van der Waals surface area contributed by atoms with Gasteiger partial charge in [-0.15, -0.1) is 0 Å². The van der Waals surface area contributed by atoms with Gasteiger partial charge in [0.15, 0.2) is 0 Å². The van der Waals surface area contributed by atoms with E-state index in [1.54, 1.807) is 0 Å². The number of benzene rings is 2. The van der Waals surface area contributed by atoms with E-state index in [4.69, 9.17) is 0 Å². The SMILES string of the molecule is CCc1ccc(NC(=O)CCNc2ccc(N3CCCC3)cc2)cc1. The minimum atomic E-state index is 0.0328. The van der Waals surface area contributed by atoms with Crippen molar-refractivity contribution in [1.82, 2.24) is 0 Å². The molecule has 4 nitrogen and oxygen atoms in total. The second kappa shape index (κ2) is 8.56. The topological polar surface area (TPSA) is 44.4 Å². The number of carbonyl (C=O) groups is 1. The van der Waals surface area contributed by atoms with Gasteiger partial charge in [-0.25, -0.2) is 0 Å². The van der Waals surface area contributed by atoms with Gasteiger partial charge in [-0.05, 0) is 61.2 Å². The third-order valence-corrected chi connectivity index (χ3v) is 4.67. The molecule has 1 aliphatic rings. The molecule has 0 bridgehead atoms. The van der Waals surface area contributed by atoms with Gasteiger partial charge in [0.1, 0.15) is 0 Å². The first kappa shape index (κ1) is 17.3. The Hall–Kier alpha value is -2.49. The second-order valence-corrected chi connectivity index (χ2v) is 6.52. The second-order valence-electron chi connectivity index (χ2n) is 6.52. The summed E-state index contributed by atoms with van der Waals surface area (Å²) in [6, 6.07) is 16.5.